The van der Waals surface area contributed by atoms with Crippen molar-refractivity contribution in [2.75, 3.05) is 31.7 Å². The summed E-state index contributed by atoms with van der Waals surface area (Å²) in [4.78, 5) is 2.37. The van der Waals surface area contributed by atoms with Crippen LogP contribution in [0.15, 0.2) is 48.5 Å². The topological polar surface area (TPSA) is 56.8 Å². The zero-order valence-electron chi connectivity index (χ0n) is 13.2. The summed E-state index contributed by atoms with van der Waals surface area (Å²) in [6, 6.07) is 15.7. The van der Waals surface area contributed by atoms with Gasteiger partial charge in [0, 0.05) is 37.4 Å². The van der Waals surface area contributed by atoms with Crippen LogP contribution in [0, 0.1) is 0 Å². The van der Waals surface area contributed by atoms with Crippen molar-refractivity contribution < 1.29 is 9.84 Å². The van der Waals surface area contributed by atoms with Gasteiger partial charge in [0.15, 0.2) is 0 Å². The molecule has 1 saturated heterocycles. The number of nitrogens with zero attached hydrogens (tertiary/aromatic N) is 1. The lowest BCUT2D eigenvalue weighted by atomic mass is 10.1. The molecule has 0 spiro atoms. The first-order chi connectivity index (χ1) is 11.3. The van der Waals surface area contributed by atoms with Crippen LogP contribution >= 0.6 is 0 Å². The molecular formula is C18H23N3O2. The fraction of sp³-hybridized carbons (Fsp3) is 0.333. The molecule has 0 atom stereocenters. The third-order valence-corrected chi connectivity index (χ3v) is 3.94. The summed E-state index contributed by atoms with van der Waals surface area (Å²) in [5.74, 6) is 0.318. The highest BCUT2D eigenvalue weighted by Gasteiger charge is 2.11. The standard InChI is InChI=1S/C18H23N3O2/c22-18-7-6-15(14-21-8-10-23-11-9-21)12-16(18)13-19-20-17-4-2-1-3-5-17/h1-7,12,19-20,22H,8-11,13-14H2. The summed E-state index contributed by atoms with van der Waals surface area (Å²) in [6.45, 7) is 4.97. The average Bonchev–Trinajstić information content (AvgIpc) is 2.59. The number of phenolic OH excluding ortho intramolecular Hbond substituents is 1. The van der Waals surface area contributed by atoms with E-state index in [0.29, 0.717) is 12.3 Å². The Morgan fingerprint density at radius 3 is 2.61 bits per heavy atom. The maximum absolute atomic E-state index is 10.0. The Morgan fingerprint density at radius 1 is 1.04 bits per heavy atom. The number of nitrogens with one attached hydrogen (secondary N) is 2. The molecule has 1 aliphatic rings. The lowest BCUT2D eigenvalue weighted by molar-refractivity contribution is 0.0342. The molecule has 3 rings (SSSR count). The van der Waals surface area contributed by atoms with Crippen molar-refractivity contribution in [1.29, 1.82) is 0 Å². The van der Waals surface area contributed by atoms with E-state index in [2.05, 4.69) is 21.8 Å². The van der Waals surface area contributed by atoms with Crippen LogP contribution in [0.25, 0.3) is 0 Å². The van der Waals surface area contributed by atoms with E-state index in [9.17, 15) is 5.11 Å². The van der Waals surface area contributed by atoms with Gasteiger partial charge in [0.05, 0.1) is 13.2 Å². The largest absolute Gasteiger partial charge is 0.508 e. The van der Waals surface area contributed by atoms with Gasteiger partial charge in [0.2, 0.25) is 0 Å². The fourth-order valence-electron chi connectivity index (χ4n) is 2.66. The van der Waals surface area contributed by atoms with Crippen molar-refractivity contribution in [1.82, 2.24) is 10.3 Å². The number of ether oxygens (including phenoxy) is 1. The second-order valence-corrected chi connectivity index (χ2v) is 5.70. The average molecular weight is 313 g/mol. The van der Waals surface area contributed by atoms with Crippen molar-refractivity contribution in [2.24, 2.45) is 0 Å². The number of morpholine rings is 1. The fourth-order valence-corrected chi connectivity index (χ4v) is 2.66. The Kier molecular flexibility index (Phi) is 5.47. The summed E-state index contributed by atoms with van der Waals surface area (Å²) >= 11 is 0. The maximum atomic E-state index is 10.0. The molecule has 3 N–H and O–H groups in total. The highest BCUT2D eigenvalue weighted by Crippen LogP contribution is 2.20. The number of hydrogen-bond acceptors (Lipinski definition) is 5. The number of anilines is 1. The minimum atomic E-state index is 0.318. The smallest absolute Gasteiger partial charge is 0.120 e. The van der Waals surface area contributed by atoms with E-state index in [1.54, 1.807) is 6.07 Å². The SMILES string of the molecule is Oc1ccc(CN2CCOCC2)cc1CNNc1ccccc1. The van der Waals surface area contributed by atoms with Crippen LogP contribution in [0.4, 0.5) is 5.69 Å². The molecule has 23 heavy (non-hydrogen) atoms. The van der Waals surface area contributed by atoms with Gasteiger partial charge in [-0.05, 0) is 29.8 Å². The van der Waals surface area contributed by atoms with Crippen LogP contribution in [-0.4, -0.2) is 36.3 Å². The zero-order chi connectivity index (χ0) is 15.9. The third-order valence-electron chi connectivity index (χ3n) is 3.94. The molecule has 0 unspecified atom stereocenters. The highest BCUT2D eigenvalue weighted by atomic mass is 16.5. The molecule has 2 aromatic carbocycles. The molecular weight excluding hydrogens is 290 g/mol. The van der Waals surface area contributed by atoms with E-state index in [0.717, 1.165) is 44.1 Å². The van der Waals surface area contributed by atoms with Gasteiger partial charge in [-0.15, -0.1) is 0 Å². The molecule has 1 aliphatic heterocycles. The van der Waals surface area contributed by atoms with Crippen LogP contribution in [0.2, 0.25) is 0 Å². The minimum Gasteiger partial charge on any atom is -0.508 e. The Bertz CT molecular complexity index is 613. The summed E-state index contributed by atoms with van der Waals surface area (Å²) in [6.07, 6.45) is 0. The van der Waals surface area contributed by atoms with Crippen molar-refractivity contribution in [3.8, 4) is 5.75 Å². The zero-order valence-corrected chi connectivity index (χ0v) is 13.2. The van der Waals surface area contributed by atoms with E-state index < -0.39 is 0 Å². The lowest BCUT2D eigenvalue weighted by Crippen LogP contribution is -2.35. The van der Waals surface area contributed by atoms with Gasteiger partial charge in [-0.3, -0.25) is 4.90 Å². The number of para-hydroxylation sites is 1. The summed E-state index contributed by atoms with van der Waals surface area (Å²) in [5.41, 5.74) is 9.37. The first-order valence-electron chi connectivity index (χ1n) is 7.96. The van der Waals surface area contributed by atoms with Gasteiger partial charge in [-0.2, -0.15) is 0 Å². The molecule has 5 nitrogen and oxygen atoms in total. The summed E-state index contributed by atoms with van der Waals surface area (Å²) < 4.78 is 5.38. The van der Waals surface area contributed by atoms with Crippen molar-refractivity contribution in [3.63, 3.8) is 0 Å². The highest BCUT2D eigenvalue weighted by molar-refractivity contribution is 5.42. The van der Waals surface area contributed by atoms with Crippen molar-refractivity contribution in [3.05, 3.63) is 59.7 Å². The van der Waals surface area contributed by atoms with Crippen LogP contribution < -0.4 is 10.9 Å². The van der Waals surface area contributed by atoms with Gasteiger partial charge in [0.25, 0.3) is 0 Å². The van der Waals surface area contributed by atoms with Gasteiger partial charge < -0.3 is 15.3 Å². The molecule has 1 fully saturated rings. The normalized spacial score (nSPS) is 15.5. The summed E-state index contributed by atoms with van der Waals surface area (Å²) in [7, 11) is 0. The number of hydrazine groups is 1. The van der Waals surface area contributed by atoms with Crippen LogP contribution in [0.5, 0.6) is 5.75 Å². The van der Waals surface area contributed by atoms with Crippen LogP contribution in [-0.2, 0) is 17.8 Å². The molecule has 122 valence electrons. The van der Waals surface area contributed by atoms with Gasteiger partial charge in [-0.25, -0.2) is 5.43 Å². The molecule has 0 aliphatic carbocycles. The lowest BCUT2D eigenvalue weighted by Gasteiger charge is -2.26. The first kappa shape index (κ1) is 15.8. The third kappa shape index (κ3) is 4.69. The molecule has 2 aromatic rings. The molecule has 5 heteroatoms. The Balaban J connectivity index is 1.56. The minimum absolute atomic E-state index is 0.318. The first-order valence-corrected chi connectivity index (χ1v) is 7.96. The van der Waals surface area contributed by atoms with E-state index >= 15 is 0 Å². The van der Waals surface area contributed by atoms with Gasteiger partial charge in [0.1, 0.15) is 5.75 Å². The number of rotatable bonds is 6. The second-order valence-electron chi connectivity index (χ2n) is 5.70. The van der Waals surface area contributed by atoms with Crippen molar-refractivity contribution >= 4 is 5.69 Å². The predicted octanol–water partition coefficient (Wildman–Crippen LogP) is 2.34. The van der Waals surface area contributed by atoms with E-state index in [1.165, 1.54) is 5.56 Å². The predicted molar refractivity (Wildman–Crippen MR) is 91.1 cm³/mol. The molecule has 1 heterocycles. The van der Waals surface area contributed by atoms with E-state index in [1.807, 2.05) is 36.4 Å². The van der Waals surface area contributed by atoms with E-state index in [-0.39, 0.29) is 0 Å². The van der Waals surface area contributed by atoms with Crippen LogP contribution in [0.3, 0.4) is 0 Å². The molecule has 0 amide bonds. The molecule has 0 radical (unpaired) electrons. The van der Waals surface area contributed by atoms with Gasteiger partial charge in [-0.1, -0.05) is 24.3 Å². The molecule has 0 bridgehead atoms. The molecule has 0 aromatic heterocycles. The van der Waals surface area contributed by atoms with E-state index in [4.69, 9.17) is 4.74 Å². The Morgan fingerprint density at radius 2 is 1.83 bits per heavy atom. The summed E-state index contributed by atoms with van der Waals surface area (Å²) in [5, 5.41) is 10.0. The number of benzene rings is 2. The number of hydrogen-bond donors (Lipinski definition) is 3. The van der Waals surface area contributed by atoms with Gasteiger partial charge >= 0.3 is 0 Å². The quantitative estimate of drug-likeness (QED) is 0.715. The number of aromatic hydroxyl groups is 1. The molecule has 0 saturated carbocycles. The number of phenols is 1. The monoisotopic (exact) mass is 313 g/mol. The second kappa shape index (κ2) is 7.97. The van der Waals surface area contributed by atoms with Crippen LogP contribution in [0.1, 0.15) is 11.1 Å². The van der Waals surface area contributed by atoms with Crippen molar-refractivity contribution in [2.45, 2.75) is 13.1 Å². The maximum Gasteiger partial charge on any atom is 0.120 e. The Labute approximate surface area is 136 Å². The Hall–Kier alpha value is -2.08.